The van der Waals surface area contributed by atoms with E-state index in [0.717, 1.165) is 4.90 Å². The van der Waals surface area contributed by atoms with Gasteiger partial charge in [-0.3, -0.25) is 9.52 Å². The van der Waals surface area contributed by atoms with Crippen molar-refractivity contribution in [1.82, 2.24) is 0 Å². The third-order valence-corrected chi connectivity index (χ3v) is 4.44. The molecule has 0 heterocycles. The summed E-state index contributed by atoms with van der Waals surface area (Å²) in [7, 11) is -3.65. The molecule has 0 aliphatic rings. The van der Waals surface area contributed by atoms with E-state index in [4.69, 9.17) is 5.11 Å². The van der Waals surface area contributed by atoms with E-state index in [2.05, 4.69) is 11.3 Å². The molecule has 104 valence electrons. The third kappa shape index (κ3) is 5.80. The fourth-order valence-electron chi connectivity index (χ4n) is 1.27. The van der Waals surface area contributed by atoms with Crippen molar-refractivity contribution in [2.45, 2.75) is 11.3 Å². The molecular weight excluding hydrogens is 286 g/mol. The van der Waals surface area contributed by atoms with Crippen LogP contribution in [-0.2, 0) is 14.8 Å². The second-order valence-electron chi connectivity index (χ2n) is 3.66. The van der Waals surface area contributed by atoms with Crippen molar-refractivity contribution in [3.63, 3.8) is 0 Å². The summed E-state index contributed by atoms with van der Waals surface area (Å²) in [6.45, 7) is 3.60. The van der Waals surface area contributed by atoms with Gasteiger partial charge in [0.2, 0.25) is 10.0 Å². The van der Waals surface area contributed by atoms with E-state index < -0.39 is 28.2 Å². The Kier molecular flexibility index (Phi) is 5.91. The monoisotopic (exact) mass is 301 g/mol. The first kappa shape index (κ1) is 15.6. The zero-order chi connectivity index (χ0) is 14.3. The van der Waals surface area contributed by atoms with Gasteiger partial charge in [-0.15, -0.1) is 18.3 Å². The number of rotatable bonds is 8. The Balaban J connectivity index is 2.80. The molecule has 0 atom stereocenters. The summed E-state index contributed by atoms with van der Waals surface area (Å²) in [6, 6.07) is 6.96. The van der Waals surface area contributed by atoms with Crippen LogP contribution in [0.4, 0.5) is 5.69 Å². The number of aliphatic carboxylic acids is 1. The lowest BCUT2D eigenvalue weighted by atomic mass is 10.3. The fourth-order valence-corrected chi connectivity index (χ4v) is 3.14. The molecule has 0 spiro atoms. The number of hydrogen-bond acceptors (Lipinski definition) is 4. The third-order valence-electron chi connectivity index (χ3n) is 2.09. The number of anilines is 1. The van der Waals surface area contributed by atoms with Gasteiger partial charge in [-0.25, -0.2) is 8.42 Å². The molecule has 7 heteroatoms. The second-order valence-corrected chi connectivity index (χ2v) is 6.56. The van der Waals surface area contributed by atoms with Gasteiger partial charge in [-0.05, 0) is 12.1 Å². The molecule has 0 saturated heterocycles. The largest absolute Gasteiger partial charge is 0.481 e. The minimum absolute atomic E-state index is 0.419. The van der Waals surface area contributed by atoms with Gasteiger partial charge in [0, 0.05) is 10.6 Å². The van der Waals surface area contributed by atoms with E-state index in [9.17, 15) is 13.2 Å². The summed E-state index contributed by atoms with van der Waals surface area (Å²) >= 11 is 1.45. The van der Waals surface area contributed by atoms with Crippen molar-refractivity contribution in [2.24, 2.45) is 0 Å². The van der Waals surface area contributed by atoms with Crippen LogP contribution < -0.4 is 4.72 Å². The highest BCUT2D eigenvalue weighted by Gasteiger charge is 2.14. The highest BCUT2D eigenvalue weighted by atomic mass is 32.2. The number of hydrogen-bond donors (Lipinski definition) is 2. The quantitative estimate of drug-likeness (QED) is 0.568. The Morgan fingerprint density at radius 2 is 2.11 bits per heavy atom. The van der Waals surface area contributed by atoms with Gasteiger partial charge in [0.15, 0.2) is 0 Å². The Morgan fingerprint density at radius 3 is 2.74 bits per heavy atom. The molecule has 1 aromatic carbocycles. The first-order valence-corrected chi connectivity index (χ1v) is 8.13. The topological polar surface area (TPSA) is 83.5 Å². The summed E-state index contributed by atoms with van der Waals surface area (Å²) in [5, 5.41) is 8.51. The number of carboxylic acid groups (broad SMARTS) is 1. The number of nitrogens with one attached hydrogen (secondary N) is 1. The van der Waals surface area contributed by atoms with E-state index in [0.29, 0.717) is 11.4 Å². The van der Waals surface area contributed by atoms with Crippen LogP contribution >= 0.6 is 11.8 Å². The maximum Gasteiger partial charge on any atom is 0.304 e. The van der Waals surface area contributed by atoms with E-state index in [-0.39, 0.29) is 0 Å². The van der Waals surface area contributed by atoms with Crippen LogP contribution in [-0.4, -0.2) is 31.0 Å². The molecule has 0 bridgehead atoms. The number of carboxylic acids is 1. The summed E-state index contributed by atoms with van der Waals surface area (Å²) in [4.78, 5) is 11.2. The molecule has 5 nitrogen and oxygen atoms in total. The molecule has 2 N–H and O–H groups in total. The van der Waals surface area contributed by atoms with E-state index in [1.54, 1.807) is 30.3 Å². The number of carbonyl (C=O) groups is 1. The van der Waals surface area contributed by atoms with E-state index >= 15 is 0 Å². The molecule has 0 fully saturated rings. The molecule has 19 heavy (non-hydrogen) atoms. The Morgan fingerprint density at radius 1 is 1.42 bits per heavy atom. The molecule has 0 aromatic heterocycles. The molecule has 1 aromatic rings. The second kappa shape index (κ2) is 7.20. The van der Waals surface area contributed by atoms with Crippen molar-refractivity contribution >= 4 is 33.4 Å². The summed E-state index contributed by atoms with van der Waals surface area (Å²) in [5.74, 6) is -0.920. The van der Waals surface area contributed by atoms with Gasteiger partial charge >= 0.3 is 5.97 Å². The average molecular weight is 301 g/mol. The lowest BCUT2D eigenvalue weighted by Gasteiger charge is -2.11. The standard InChI is InChI=1S/C12H15NO4S2/c1-2-8-18-11-6-4-3-5-10(11)13-19(16,17)9-7-12(14)15/h2-6,13H,1,7-9H2,(H,14,15). The van der Waals surface area contributed by atoms with Gasteiger partial charge in [0.05, 0.1) is 17.9 Å². The van der Waals surface area contributed by atoms with E-state index in [1.807, 2.05) is 0 Å². The molecule has 0 amide bonds. The number of sulfonamides is 1. The van der Waals surface area contributed by atoms with Gasteiger partial charge in [-0.1, -0.05) is 18.2 Å². The van der Waals surface area contributed by atoms with Crippen LogP contribution in [0, 0.1) is 0 Å². The van der Waals surface area contributed by atoms with Crippen molar-refractivity contribution in [2.75, 3.05) is 16.2 Å². The molecular formula is C12H15NO4S2. The van der Waals surface area contributed by atoms with Crippen molar-refractivity contribution in [3.8, 4) is 0 Å². The van der Waals surface area contributed by atoms with Gasteiger partial charge in [0.25, 0.3) is 0 Å². The summed E-state index contributed by atoms with van der Waals surface area (Å²) < 4.78 is 25.9. The van der Waals surface area contributed by atoms with Gasteiger partial charge < -0.3 is 5.11 Å². The normalized spacial score (nSPS) is 10.9. The van der Waals surface area contributed by atoms with Gasteiger partial charge in [-0.2, -0.15) is 0 Å². The van der Waals surface area contributed by atoms with Crippen molar-refractivity contribution < 1.29 is 18.3 Å². The van der Waals surface area contributed by atoms with Crippen LogP contribution in [0.25, 0.3) is 0 Å². The van der Waals surface area contributed by atoms with Crippen LogP contribution in [0.3, 0.4) is 0 Å². The Bertz CT molecular complexity index is 555. The lowest BCUT2D eigenvalue weighted by Crippen LogP contribution is -2.19. The molecule has 0 aliphatic carbocycles. The first-order valence-electron chi connectivity index (χ1n) is 5.49. The lowest BCUT2D eigenvalue weighted by molar-refractivity contribution is -0.136. The zero-order valence-electron chi connectivity index (χ0n) is 10.2. The highest BCUT2D eigenvalue weighted by molar-refractivity contribution is 7.99. The van der Waals surface area contributed by atoms with Crippen LogP contribution in [0.1, 0.15) is 6.42 Å². The van der Waals surface area contributed by atoms with E-state index in [1.165, 1.54) is 11.8 Å². The van der Waals surface area contributed by atoms with Gasteiger partial charge in [0.1, 0.15) is 0 Å². The fraction of sp³-hybridized carbons (Fsp3) is 0.250. The van der Waals surface area contributed by atoms with Crippen LogP contribution in [0.2, 0.25) is 0 Å². The SMILES string of the molecule is C=CCSc1ccccc1NS(=O)(=O)CCC(=O)O. The smallest absolute Gasteiger partial charge is 0.304 e. The molecule has 1 rings (SSSR count). The average Bonchev–Trinajstić information content (AvgIpc) is 2.35. The molecule has 0 unspecified atom stereocenters. The first-order chi connectivity index (χ1) is 8.94. The van der Waals surface area contributed by atoms with Crippen molar-refractivity contribution in [3.05, 3.63) is 36.9 Å². The molecule has 0 radical (unpaired) electrons. The highest BCUT2D eigenvalue weighted by Crippen LogP contribution is 2.27. The van der Waals surface area contributed by atoms with Crippen molar-refractivity contribution in [1.29, 1.82) is 0 Å². The molecule has 0 aliphatic heterocycles. The van der Waals surface area contributed by atoms with Crippen LogP contribution in [0.15, 0.2) is 41.8 Å². The predicted octanol–water partition coefficient (Wildman–Crippen LogP) is 2.18. The maximum atomic E-state index is 11.7. The Hall–Kier alpha value is -1.47. The predicted molar refractivity (Wildman–Crippen MR) is 77.0 cm³/mol. The number of para-hydroxylation sites is 1. The minimum atomic E-state index is -3.65. The maximum absolute atomic E-state index is 11.7. The molecule has 0 saturated carbocycles. The summed E-state index contributed by atoms with van der Waals surface area (Å²) in [5.41, 5.74) is 0.458. The number of benzene rings is 1. The zero-order valence-corrected chi connectivity index (χ0v) is 11.8. The minimum Gasteiger partial charge on any atom is -0.481 e. The van der Waals surface area contributed by atoms with Crippen LogP contribution in [0.5, 0.6) is 0 Å². The number of thioether (sulfide) groups is 1. The summed E-state index contributed by atoms with van der Waals surface area (Å²) in [6.07, 6.45) is 1.30. The Labute approximate surface area is 116 Å².